The highest BCUT2D eigenvalue weighted by molar-refractivity contribution is 7.14. The van der Waals surface area contributed by atoms with Crippen LogP contribution in [0.3, 0.4) is 0 Å². The number of hydrogen-bond donors (Lipinski definition) is 0. The van der Waals surface area contributed by atoms with Gasteiger partial charge in [0, 0.05) is 11.1 Å². The molecule has 4 heteroatoms. The quantitative estimate of drug-likeness (QED) is 0.673. The first kappa shape index (κ1) is 13.6. The summed E-state index contributed by atoms with van der Waals surface area (Å²) in [6, 6.07) is 15.8. The molecule has 0 saturated heterocycles. The zero-order chi connectivity index (χ0) is 14.8. The third-order valence-electron chi connectivity index (χ3n) is 3.26. The number of hydrogen-bond acceptors (Lipinski definition) is 4. The van der Waals surface area contributed by atoms with Gasteiger partial charge in [0.15, 0.2) is 5.78 Å². The fourth-order valence-corrected chi connectivity index (χ4v) is 2.96. The summed E-state index contributed by atoms with van der Waals surface area (Å²) in [5.41, 5.74) is 3.85. The molecule has 1 aromatic heterocycles. The van der Waals surface area contributed by atoms with Gasteiger partial charge in [-0.15, -0.1) is 10.2 Å². The number of rotatable bonds is 3. The smallest absolute Gasteiger partial charge is 0.159 e. The van der Waals surface area contributed by atoms with Crippen LogP contribution < -0.4 is 0 Å². The van der Waals surface area contributed by atoms with Crippen LogP contribution >= 0.6 is 11.3 Å². The molecule has 0 radical (unpaired) electrons. The number of carbonyl (C=O) groups is 1. The summed E-state index contributed by atoms with van der Waals surface area (Å²) in [6.07, 6.45) is 0. The largest absolute Gasteiger partial charge is 0.295 e. The minimum Gasteiger partial charge on any atom is -0.295 e. The molecule has 0 atom stereocenters. The average molecular weight is 294 g/mol. The van der Waals surface area contributed by atoms with Crippen molar-refractivity contribution in [1.82, 2.24) is 10.2 Å². The van der Waals surface area contributed by atoms with Gasteiger partial charge in [0.2, 0.25) is 0 Å². The van der Waals surface area contributed by atoms with Crippen LogP contribution in [0.25, 0.3) is 21.7 Å². The number of carbonyl (C=O) groups excluding carboxylic acids is 1. The number of nitrogens with zero attached hydrogens (tertiary/aromatic N) is 2. The fourth-order valence-electron chi connectivity index (χ4n) is 2.23. The van der Waals surface area contributed by atoms with Crippen LogP contribution in [0, 0.1) is 6.92 Å². The van der Waals surface area contributed by atoms with Crippen LogP contribution in [0.4, 0.5) is 0 Å². The highest BCUT2D eigenvalue weighted by Crippen LogP contribution is 2.33. The summed E-state index contributed by atoms with van der Waals surface area (Å²) in [7, 11) is 0. The Bertz CT molecular complexity index is 808. The zero-order valence-corrected chi connectivity index (χ0v) is 12.6. The molecule has 0 fully saturated rings. The number of ketones is 1. The molecule has 104 valence electrons. The molecule has 0 aliphatic heterocycles. The normalized spacial score (nSPS) is 10.6. The second kappa shape index (κ2) is 5.58. The first-order valence-electron chi connectivity index (χ1n) is 6.66. The van der Waals surface area contributed by atoms with Crippen LogP contribution in [0.1, 0.15) is 22.3 Å². The Morgan fingerprint density at radius 1 is 1.00 bits per heavy atom. The van der Waals surface area contributed by atoms with E-state index < -0.39 is 0 Å². The number of aryl methyl sites for hydroxylation is 1. The van der Waals surface area contributed by atoms with Crippen molar-refractivity contribution in [2.24, 2.45) is 0 Å². The highest BCUT2D eigenvalue weighted by Gasteiger charge is 2.11. The van der Waals surface area contributed by atoms with E-state index in [9.17, 15) is 4.79 Å². The van der Waals surface area contributed by atoms with E-state index in [4.69, 9.17) is 0 Å². The van der Waals surface area contributed by atoms with Crippen molar-refractivity contribution >= 4 is 17.1 Å². The molecular weight excluding hydrogens is 280 g/mol. The van der Waals surface area contributed by atoms with Crippen molar-refractivity contribution in [3.8, 4) is 21.7 Å². The number of aromatic nitrogens is 2. The monoisotopic (exact) mass is 294 g/mol. The van der Waals surface area contributed by atoms with Crippen molar-refractivity contribution in [3.63, 3.8) is 0 Å². The van der Waals surface area contributed by atoms with Gasteiger partial charge in [0.25, 0.3) is 0 Å². The Kier molecular flexibility index (Phi) is 3.62. The second-order valence-electron chi connectivity index (χ2n) is 4.81. The third-order valence-corrected chi connectivity index (χ3v) is 4.14. The van der Waals surface area contributed by atoms with Crippen molar-refractivity contribution in [3.05, 3.63) is 59.1 Å². The molecule has 21 heavy (non-hydrogen) atoms. The van der Waals surface area contributed by atoms with Crippen LogP contribution in [0.2, 0.25) is 0 Å². The maximum absolute atomic E-state index is 11.6. The summed E-state index contributed by atoms with van der Waals surface area (Å²) < 4.78 is 0. The molecule has 0 bridgehead atoms. The van der Waals surface area contributed by atoms with Gasteiger partial charge < -0.3 is 0 Å². The highest BCUT2D eigenvalue weighted by atomic mass is 32.1. The number of Topliss-reactive ketones (excluding diaryl/α,β-unsaturated/α-hetero) is 1. The Balaban J connectivity index is 2.15. The van der Waals surface area contributed by atoms with Crippen molar-refractivity contribution in [2.45, 2.75) is 13.8 Å². The molecule has 0 saturated carbocycles. The lowest BCUT2D eigenvalue weighted by molar-refractivity contribution is 0.101. The molecule has 3 nitrogen and oxygen atoms in total. The van der Waals surface area contributed by atoms with Crippen molar-refractivity contribution in [2.75, 3.05) is 0 Å². The second-order valence-corrected chi connectivity index (χ2v) is 5.99. The lowest BCUT2D eigenvalue weighted by Gasteiger charge is -2.08. The molecule has 0 N–H and O–H groups in total. The van der Waals surface area contributed by atoms with E-state index in [2.05, 4.69) is 10.2 Å². The van der Waals surface area contributed by atoms with Crippen molar-refractivity contribution in [1.29, 1.82) is 0 Å². The Hall–Kier alpha value is -2.33. The minimum atomic E-state index is 0.0705. The topological polar surface area (TPSA) is 42.9 Å². The molecule has 2 aromatic carbocycles. The molecule has 0 amide bonds. The van der Waals surface area contributed by atoms with Crippen LogP contribution in [0.5, 0.6) is 0 Å². The van der Waals surface area contributed by atoms with Gasteiger partial charge in [-0.3, -0.25) is 4.79 Å². The number of benzene rings is 2. The summed E-state index contributed by atoms with van der Waals surface area (Å²) in [5.74, 6) is 0.0705. The SMILES string of the molecule is CC(=O)c1cccc(-c2ccccc2-c2nnc(C)s2)c1. The molecule has 0 unspecified atom stereocenters. The van der Waals surface area contributed by atoms with Gasteiger partial charge >= 0.3 is 0 Å². The summed E-state index contributed by atoms with van der Waals surface area (Å²) in [6.45, 7) is 3.53. The van der Waals surface area contributed by atoms with Crippen LogP contribution in [-0.4, -0.2) is 16.0 Å². The summed E-state index contributed by atoms with van der Waals surface area (Å²) >= 11 is 1.57. The standard InChI is InChI=1S/C17H14N2OS/c1-11(20)13-6-5-7-14(10-13)15-8-3-4-9-16(15)17-19-18-12(2)21-17/h3-10H,1-2H3. The first-order chi connectivity index (χ1) is 10.1. The van der Waals surface area contributed by atoms with Gasteiger partial charge in [-0.25, -0.2) is 0 Å². The Labute approximate surface area is 127 Å². The maximum Gasteiger partial charge on any atom is 0.159 e. The molecule has 1 heterocycles. The Morgan fingerprint density at radius 3 is 2.43 bits per heavy atom. The van der Waals surface area contributed by atoms with Crippen LogP contribution in [0.15, 0.2) is 48.5 Å². The lowest BCUT2D eigenvalue weighted by Crippen LogP contribution is -1.92. The van der Waals surface area contributed by atoms with E-state index in [1.165, 1.54) is 0 Å². The predicted octanol–water partition coefficient (Wildman–Crippen LogP) is 4.38. The molecule has 0 spiro atoms. The maximum atomic E-state index is 11.6. The van der Waals surface area contributed by atoms with Gasteiger partial charge in [0.05, 0.1) is 0 Å². The molecule has 0 aliphatic carbocycles. The van der Waals surface area contributed by atoms with E-state index in [0.717, 1.165) is 32.3 Å². The molecule has 0 aliphatic rings. The van der Waals surface area contributed by atoms with E-state index in [1.54, 1.807) is 18.3 Å². The fraction of sp³-hybridized carbons (Fsp3) is 0.118. The first-order valence-corrected chi connectivity index (χ1v) is 7.47. The third kappa shape index (κ3) is 2.76. The summed E-state index contributed by atoms with van der Waals surface area (Å²) in [4.78, 5) is 11.6. The van der Waals surface area contributed by atoms with Gasteiger partial charge in [-0.05, 0) is 31.0 Å². The molecule has 3 aromatic rings. The lowest BCUT2D eigenvalue weighted by atomic mass is 9.97. The van der Waals surface area contributed by atoms with Gasteiger partial charge in [-0.1, -0.05) is 53.8 Å². The van der Waals surface area contributed by atoms with Crippen LogP contribution in [-0.2, 0) is 0 Å². The average Bonchev–Trinajstić information content (AvgIpc) is 2.94. The molecular formula is C17H14N2OS. The summed E-state index contributed by atoms with van der Waals surface area (Å²) in [5, 5.41) is 10.2. The van der Waals surface area contributed by atoms with Gasteiger partial charge in [0.1, 0.15) is 10.0 Å². The zero-order valence-electron chi connectivity index (χ0n) is 11.8. The van der Waals surface area contributed by atoms with E-state index >= 15 is 0 Å². The molecule has 3 rings (SSSR count). The minimum absolute atomic E-state index is 0.0705. The van der Waals surface area contributed by atoms with E-state index in [0.29, 0.717) is 0 Å². The predicted molar refractivity (Wildman–Crippen MR) is 85.5 cm³/mol. The van der Waals surface area contributed by atoms with E-state index in [1.807, 2.05) is 55.5 Å². The van der Waals surface area contributed by atoms with Crippen molar-refractivity contribution < 1.29 is 4.79 Å². The van der Waals surface area contributed by atoms with Gasteiger partial charge in [-0.2, -0.15) is 0 Å². The van der Waals surface area contributed by atoms with E-state index in [-0.39, 0.29) is 5.78 Å². The Morgan fingerprint density at radius 2 is 1.76 bits per heavy atom.